The Labute approximate surface area is 122 Å². The molecule has 1 aromatic heterocycles. The van der Waals surface area contributed by atoms with Gasteiger partial charge in [-0.2, -0.15) is 4.98 Å². The number of ether oxygens (including phenoxy) is 1. The summed E-state index contributed by atoms with van der Waals surface area (Å²) in [5.41, 5.74) is 0. The quantitative estimate of drug-likeness (QED) is 0.848. The zero-order valence-electron chi connectivity index (χ0n) is 12.1. The van der Waals surface area contributed by atoms with Gasteiger partial charge in [0.25, 0.3) is 5.89 Å². The molecule has 1 saturated heterocycles. The highest BCUT2D eigenvalue weighted by Crippen LogP contribution is 2.22. The minimum Gasteiger partial charge on any atom is -0.480 e. The molecule has 116 valence electrons. The van der Waals surface area contributed by atoms with Gasteiger partial charge in [-0.05, 0) is 25.7 Å². The number of piperidine rings is 1. The molecule has 0 aromatic carbocycles. The minimum absolute atomic E-state index is 0.0363. The summed E-state index contributed by atoms with van der Waals surface area (Å²) in [6.07, 6.45) is 1.28. The average Bonchev–Trinajstić information content (AvgIpc) is 2.84. The molecule has 0 saturated carbocycles. The van der Waals surface area contributed by atoms with Crippen molar-refractivity contribution in [2.75, 3.05) is 13.2 Å². The molecule has 1 N–H and O–H groups in total. The Kier molecular flexibility index (Phi) is 4.89. The Morgan fingerprint density at radius 3 is 2.90 bits per heavy atom. The van der Waals surface area contributed by atoms with E-state index in [-0.39, 0.29) is 19.1 Å². The normalized spacial score (nSPS) is 22.3. The van der Waals surface area contributed by atoms with Crippen LogP contribution in [0, 0.1) is 12.8 Å². The number of hydrogen-bond donors (Lipinski definition) is 1. The highest BCUT2D eigenvalue weighted by Gasteiger charge is 2.34. The van der Waals surface area contributed by atoms with E-state index < -0.39 is 12.0 Å². The smallest absolute Gasteiger partial charge is 0.326 e. The van der Waals surface area contributed by atoms with Crippen molar-refractivity contribution < 1.29 is 24.0 Å². The fourth-order valence-corrected chi connectivity index (χ4v) is 2.38. The SMILES string of the molecule is Cc1noc(COCC(=O)N2CCC(C)CC2C(=O)O)n1. The van der Waals surface area contributed by atoms with Gasteiger partial charge in [0.05, 0.1) is 0 Å². The number of nitrogens with zero attached hydrogens (tertiary/aromatic N) is 3. The predicted molar refractivity (Wildman–Crippen MR) is 70.2 cm³/mol. The predicted octanol–water partition coefficient (Wildman–Crippen LogP) is 0.606. The number of amides is 1. The van der Waals surface area contributed by atoms with Crippen LogP contribution in [0.4, 0.5) is 0 Å². The minimum atomic E-state index is -0.970. The lowest BCUT2D eigenvalue weighted by Gasteiger charge is -2.35. The molecule has 8 nitrogen and oxygen atoms in total. The third-order valence-electron chi connectivity index (χ3n) is 3.49. The van der Waals surface area contributed by atoms with Gasteiger partial charge in [-0.25, -0.2) is 4.79 Å². The number of likely N-dealkylation sites (tertiary alicyclic amines) is 1. The van der Waals surface area contributed by atoms with Crippen LogP contribution in [0.1, 0.15) is 31.5 Å². The topological polar surface area (TPSA) is 106 Å². The summed E-state index contributed by atoms with van der Waals surface area (Å²) in [6.45, 7) is 3.96. The van der Waals surface area contributed by atoms with Crippen LogP contribution in [0.2, 0.25) is 0 Å². The van der Waals surface area contributed by atoms with E-state index in [0.29, 0.717) is 30.6 Å². The zero-order valence-corrected chi connectivity index (χ0v) is 12.1. The summed E-state index contributed by atoms with van der Waals surface area (Å²) < 4.78 is 10.1. The molecule has 1 aliphatic rings. The highest BCUT2D eigenvalue weighted by atomic mass is 16.5. The van der Waals surface area contributed by atoms with Crippen molar-refractivity contribution in [3.8, 4) is 0 Å². The number of aryl methyl sites for hydroxylation is 1. The summed E-state index contributed by atoms with van der Waals surface area (Å²) in [6, 6.07) is -0.768. The third kappa shape index (κ3) is 4.01. The summed E-state index contributed by atoms with van der Waals surface area (Å²) in [5.74, 6) is -0.205. The van der Waals surface area contributed by atoms with E-state index in [1.54, 1.807) is 6.92 Å². The second-order valence-electron chi connectivity index (χ2n) is 5.30. The second-order valence-corrected chi connectivity index (χ2v) is 5.30. The standard InChI is InChI=1S/C13H19N3O5/c1-8-3-4-16(10(5-8)13(18)19)12(17)7-20-6-11-14-9(2)15-21-11/h8,10H,3-7H2,1-2H3,(H,18,19). The lowest BCUT2D eigenvalue weighted by Crippen LogP contribution is -2.50. The Balaban J connectivity index is 1.85. The van der Waals surface area contributed by atoms with Gasteiger partial charge >= 0.3 is 5.97 Å². The van der Waals surface area contributed by atoms with Gasteiger partial charge < -0.3 is 19.3 Å². The molecule has 8 heteroatoms. The van der Waals surface area contributed by atoms with Crippen molar-refractivity contribution in [1.29, 1.82) is 0 Å². The molecule has 1 fully saturated rings. The van der Waals surface area contributed by atoms with E-state index in [2.05, 4.69) is 10.1 Å². The number of aliphatic carboxylic acids is 1. The molecular weight excluding hydrogens is 278 g/mol. The number of aromatic nitrogens is 2. The van der Waals surface area contributed by atoms with Gasteiger partial charge in [-0.1, -0.05) is 12.1 Å². The molecule has 1 aromatic rings. The van der Waals surface area contributed by atoms with Crippen molar-refractivity contribution in [3.63, 3.8) is 0 Å². The van der Waals surface area contributed by atoms with Crippen LogP contribution >= 0.6 is 0 Å². The zero-order chi connectivity index (χ0) is 15.4. The van der Waals surface area contributed by atoms with Crippen LogP contribution in [0.5, 0.6) is 0 Å². The van der Waals surface area contributed by atoms with E-state index in [0.717, 1.165) is 6.42 Å². The fourth-order valence-electron chi connectivity index (χ4n) is 2.38. The largest absolute Gasteiger partial charge is 0.480 e. The molecule has 2 unspecified atom stereocenters. The van der Waals surface area contributed by atoms with Crippen molar-refractivity contribution in [1.82, 2.24) is 15.0 Å². The number of carboxylic acids is 1. The first-order valence-electron chi connectivity index (χ1n) is 6.86. The molecule has 0 radical (unpaired) electrons. The maximum absolute atomic E-state index is 12.1. The van der Waals surface area contributed by atoms with Crippen LogP contribution < -0.4 is 0 Å². The monoisotopic (exact) mass is 297 g/mol. The Bertz CT molecular complexity index is 516. The Morgan fingerprint density at radius 2 is 2.29 bits per heavy atom. The van der Waals surface area contributed by atoms with Crippen LogP contribution in [-0.2, 0) is 20.9 Å². The van der Waals surface area contributed by atoms with Crippen LogP contribution in [-0.4, -0.2) is 51.2 Å². The molecule has 1 amide bonds. The maximum Gasteiger partial charge on any atom is 0.326 e. The number of carboxylic acid groups (broad SMARTS) is 1. The van der Waals surface area contributed by atoms with Gasteiger partial charge in [0.1, 0.15) is 19.3 Å². The first kappa shape index (κ1) is 15.4. The number of carbonyl (C=O) groups excluding carboxylic acids is 1. The molecular formula is C13H19N3O5. The van der Waals surface area contributed by atoms with E-state index in [9.17, 15) is 14.7 Å². The van der Waals surface area contributed by atoms with Crippen LogP contribution in [0.25, 0.3) is 0 Å². The highest BCUT2D eigenvalue weighted by molar-refractivity contribution is 5.84. The van der Waals surface area contributed by atoms with Crippen LogP contribution in [0.3, 0.4) is 0 Å². The molecule has 21 heavy (non-hydrogen) atoms. The van der Waals surface area contributed by atoms with Gasteiger partial charge in [0, 0.05) is 6.54 Å². The molecule has 1 aliphatic heterocycles. The fraction of sp³-hybridized carbons (Fsp3) is 0.692. The number of carbonyl (C=O) groups is 2. The number of rotatable bonds is 5. The van der Waals surface area contributed by atoms with Gasteiger partial charge in [0.2, 0.25) is 5.91 Å². The van der Waals surface area contributed by atoms with Crippen molar-refractivity contribution in [2.24, 2.45) is 5.92 Å². The van der Waals surface area contributed by atoms with Gasteiger partial charge in [-0.15, -0.1) is 0 Å². The molecule has 2 atom stereocenters. The molecule has 2 rings (SSSR count). The van der Waals surface area contributed by atoms with Crippen molar-refractivity contribution >= 4 is 11.9 Å². The molecule has 0 aliphatic carbocycles. The maximum atomic E-state index is 12.1. The first-order valence-corrected chi connectivity index (χ1v) is 6.86. The average molecular weight is 297 g/mol. The van der Waals surface area contributed by atoms with E-state index in [4.69, 9.17) is 9.26 Å². The van der Waals surface area contributed by atoms with E-state index in [1.165, 1.54) is 4.90 Å². The summed E-state index contributed by atoms with van der Waals surface area (Å²) in [7, 11) is 0. The molecule has 2 heterocycles. The van der Waals surface area contributed by atoms with Gasteiger partial charge in [-0.3, -0.25) is 4.79 Å². The summed E-state index contributed by atoms with van der Waals surface area (Å²) in [5, 5.41) is 12.8. The van der Waals surface area contributed by atoms with E-state index >= 15 is 0 Å². The first-order chi connectivity index (χ1) is 9.97. The van der Waals surface area contributed by atoms with Crippen molar-refractivity contribution in [3.05, 3.63) is 11.7 Å². The van der Waals surface area contributed by atoms with E-state index in [1.807, 2.05) is 6.92 Å². The molecule has 0 bridgehead atoms. The Morgan fingerprint density at radius 1 is 1.52 bits per heavy atom. The second kappa shape index (κ2) is 6.66. The summed E-state index contributed by atoms with van der Waals surface area (Å²) >= 11 is 0. The lowest BCUT2D eigenvalue weighted by atomic mass is 9.92. The number of hydrogen-bond acceptors (Lipinski definition) is 6. The van der Waals surface area contributed by atoms with Gasteiger partial charge in [0.15, 0.2) is 5.82 Å². The van der Waals surface area contributed by atoms with Crippen molar-refractivity contribution in [2.45, 2.75) is 39.3 Å². The Hall–Kier alpha value is -1.96. The van der Waals surface area contributed by atoms with Crippen LogP contribution in [0.15, 0.2) is 4.52 Å². The molecule has 0 spiro atoms. The third-order valence-corrected chi connectivity index (χ3v) is 3.49. The lowest BCUT2D eigenvalue weighted by molar-refractivity contribution is -0.155. The summed E-state index contributed by atoms with van der Waals surface area (Å²) in [4.78, 5) is 28.7.